The minimum Gasteiger partial charge on any atom is -0.388 e. The SMILES string of the molecule is Cc1cccc(Cc2ccc(C(O)C=Cc3c(C)cccc3C)cn2)c1.Cc1cccc(Cc2ccc(C(O)CCc3c(C)cccc3C)cn2)c1. The lowest BCUT2D eigenvalue weighted by Gasteiger charge is -2.14. The van der Waals surface area contributed by atoms with E-state index in [9.17, 15) is 10.2 Å². The van der Waals surface area contributed by atoms with Crippen molar-refractivity contribution in [2.75, 3.05) is 0 Å². The van der Waals surface area contributed by atoms with Crippen molar-refractivity contribution in [2.45, 2.75) is 79.4 Å². The molecule has 4 nitrogen and oxygen atoms in total. The van der Waals surface area contributed by atoms with Gasteiger partial charge in [0, 0.05) is 42.2 Å². The van der Waals surface area contributed by atoms with Crippen molar-refractivity contribution in [3.8, 4) is 0 Å². The smallest absolute Gasteiger partial charge is 0.0989 e. The molecule has 0 amide bonds. The van der Waals surface area contributed by atoms with Gasteiger partial charge in [0.15, 0.2) is 0 Å². The summed E-state index contributed by atoms with van der Waals surface area (Å²) in [6.45, 7) is 12.6. The van der Waals surface area contributed by atoms with E-state index in [1.54, 1.807) is 6.20 Å². The lowest BCUT2D eigenvalue weighted by Crippen LogP contribution is -2.03. The number of hydrogen-bond donors (Lipinski definition) is 2. The van der Waals surface area contributed by atoms with Crippen molar-refractivity contribution >= 4 is 6.08 Å². The lowest BCUT2D eigenvalue weighted by atomic mass is 9.95. The second-order valence-electron chi connectivity index (χ2n) is 14.0. The third kappa shape index (κ3) is 10.9. The Kier molecular flexibility index (Phi) is 13.4. The molecule has 6 rings (SSSR count). The van der Waals surface area contributed by atoms with Crippen molar-refractivity contribution in [3.63, 3.8) is 0 Å². The van der Waals surface area contributed by atoms with Crippen molar-refractivity contribution < 1.29 is 10.2 Å². The molecule has 2 heterocycles. The summed E-state index contributed by atoms with van der Waals surface area (Å²) < 4.78 is 0. The largest absolute Gasteiger partial charge is 0.388 e. The number of benzene rings is 4. The van der Waals surface area contributed by atoms with Gasteiger partial charge < -0.3 is 10.2 Å². The van der Waals surface area contributed by atoms with Crippen LogP contribution in [0.2, 0.25) is 0 Å². The van der Waals surface area contributed by atoms with Gasteiger partial charge in [-0.3, -0.25) is 9.97 Å². The Hall–Kier alpha value is -5.16. The number of pyridine rings is 2. The van der Waals surface area contributed by atoms with Crippen LogP contribution in [0, 0.1) is 41.5 Å². The highest BCUT2D eigenvalue weighted by atomic mass is 16.3. The van der Waals surface area contributed by atoms with E-state index in [0.29, 0.717) is 6.42 Å². The quantitative estimate of drug-likeness (QED) is 0.142. The predicted molar refractivity (Wildman–Crippen MR) is 216 cm³/mol. The maximum absolute atomic E-state index is 10.5. The molecule has 0 bridgehead atoms. The summed E-state index contributed by atoms with van der Waals surface area (Å²) in [6.07, 6.45) is 9.49. The maximum Gasteiger partial charge on any atom is 0.0989 e. The molecular weight excluding hydrogens is 637 g/mol. The molecule has 2 aromatic heterocycles. The fourth-order valence-corrected chi connectivity index (χ4v) is 6.60. The van der Waals surface area contributed by atoms with Gasteiger partial charge in [-0.25, -0.2) is 0 Å². The normalized spacial score (nSPS) is 12.3. The molecule has 4 heteroatoms. The number of aryl methyl sites for hydroxylation is 6. The van der Waals surface area contributed by atoms with Crippen LogP contribution in [-0.2, 0) is 19.3 Å². The van der Waals surface area contributed by atoms with Gasteiger partial charge in [0.25, 0.3) is 0 Å². The van der Waals surface area contributed by atoms with Gasteiger partial charge in [0.1, 0.15) is 0 Å². The molecular formula is C48H52N2O2. The predicted octanol–water partition coefficient (Wildman–Crippen LogP) is 10.6. The minimum absolute atomic E-state index is 0.477. The highest BCUT2D eigenvalue weighted by Gasteiger charge is 2.11. The first kappa shape index (κ1) is 38.1. The number of aliphatic hydroxyl groups excluding tert-OH is 2. The monoisotopic (exact) mass is 688 g/mol. The van der Waals surface area contributed by atoms with E-state index in [2.05, 4.69) is 136 Å². The van der Waals surface area contributed by atoms with Gasteiger partial charge in [-0.05, 0) is 117 Å². The highest BCUT2D eigenvalue weighted by molar-refractivity contribution is 5.58. The molecule has 0 aliphatic rings. The Balaban J connectivity index is 0.000000201. The van der Waals surface area contributed by atoms with Gasteiger partial charge in [-0.15, -0.1) is 0 Å². The molecule has 266 valence electrons. The first-order valence-electron chi connectivity index (χ1n) is 18.2. The van der Waals surface area contributed by atoms with E-state index in [0.717, 1.165) is 47.3 Å². The zero-order chi connectivity index (χ0) is 37.0. The van der Waals surface area contributed by atoms with Crippen LogP contribution in [0.15, 0.2) is 128 Å². The summed E-state index contributed by atoms with van der Waals surface area (Å²) >= 11 is 0. The average molecular weight is 689 g/mol. The van der Waals surface area contributed by atoms with E-state index >= 15 is 0 Å². The fourth-order valence-electron chi connectivity index (χ4n) is 6.60. The Morgan fingerprint density at radius 2 is 1.04 bits per heavy atom. The molecule has 4 aromatic carbocycles. The van der Waals surface area contributed by atoms with Crippen molar-refractivity contribution in [2.24, 2.45) is 0 Å². The molecule has 0 aliphatic carbocycles. The second-order valence-corrected chi connectivity index (χ2v) is 14.0. The van der Waals surface area contributed by atoms with E-state index in [-0.39, 0.29) is 0 Å². The Bertz CT molecular complexity index is 2040. The number of nitrogens with zero attached hydrogens (tertiary/aromatic N) is 2. The zero-order valence-corrected chi connectivity index (χ0v) is 31.5. The Labute approximate surface area is 310 Å². The van der Waals surface area contributed by atoms with Crippen LogP contribution in [0.4, 0.5) is 0 Å². The molecule has 0 saturated carbocycles. The van der Waals surface area contributed by atoms with E-state index in [1.807, 2.05) is 42.6 Å². The molecule has 0 aliphatic heterocycles. The maximum atomic E-state index is 10.5. The van der Waals surface area contributed by atoms with Crippen LogP contribution in [0.1, 0.15) is 96.8 Å². The molecule has 52 heavy (non-hydrogen) atoms. The van der Waals surface area contributed by atoms with Crippen LogP contribution < -0.4 is 0 Å². The van der Waals surface area contributed by atoms with Crippen LogP contribution in [0.25, 0.3) is 6.08 Å². The summed E-state index contributed by atoms with van der Waals surface area (Å²) in [5.74, 6) is 0. The number of aliphatic hydroxyl groups is 2. The first-order valence-corrected chi connectivity index (χ1v) is 18.2. The topological polar surface area (TPSA) is 66.2 Å². The molecule has 0 radical (unpaired) electrons. The third-order valence-corrected chi connectivity index (χ3v) is 9.66. The van der Waals surface area contributed by atoms with Crippen molar-refractivity contribution in [1.29, 1.82) is 0 Å². The molecule has 6 aromatic rings. The van der Waals surface area contributed by atoms with E-state index < -0.39 is 12.2 Å². The summed E-state index contributed by atoms with van der Waals surface area (Å²) in [4.78, 5) is 9.08. The molecule has 2 unspecified atom stereocenters. The summed E-state index contributed by atoms with van der Waals surface area (Å²) in [5.41, 5.74) is 16.3. The van der Waals surface area contributed by atoms with Gasteiger partial charge in [0.2, 0.25) is 0 Å². The molecule has 2 N–H and O–H groups in total. The standard InChI is InChI=1S/C24H27NO.C24H25NO/c2*1-17-6-4-9-20(14-17)15-22-11-10-21(16-25-22)24(26)13-12-23-18(2)7-5-8-19(23)3/h4-11,14,16,24,26H,12-13,15H2,1-3H3;4-14,16,24,26H,15H2,1-3H3. The number of rotatable bonds is 11. The molecule has 0 fully saturated rings. The summed E-state index contributed by atoms with van der Waals surface area (Å²) in [7, 11) is 0. The first-order chi connectivity index (χ1) is 25.0. The fraction of sp³-hybridized carbons (Fsp3) is 0.250. The molecule has 0 saturated heterocycles. The van der Waals surface area contributed by atoms with E-state index in [4.69, 9.17) is 0 Å². The summed E-state index contributed by atoms with van der Waals surface area (Å²) in [6, 6.07) is 37.5. The van der Waals surface area contributed by atoms with E-state index in [1.165, 1.54) is 50.1 Å². The van der Waals surface area contributed by atoms with Gasteiger partial charge >= 0.3 is 0 Å². The van der Waals surface area contributed by atoms with Crippen molar-refractivity contribution in [1.82, 2.24) is 9.97 Å². The lowest BCUT2D eigenvalue weighted by molar-refractivity contribution is 0.167. The number of hydrogen-bond acceptors (Lipinski definition) is 4. The third-order valence-electron chi connectivity index (χ3n) is 9.66. The van der Waals surface area contributed by atoms with Crippen LogP contribution in [0.5, 0.6) is 0 Å². The average Bonchev–Trinajstić information content (AvgIpc) is 3.12. The highest BCUT2D eigenvalue weighted by Crippen LogP contribution is 2.23. The summed E-state index contributed by atoms with van der Waals surface area (Å²) in [5, 5.41) is 21.0. The second kappa shape index (κ2) is 18.4. The minimum atomic E-state index is -0.658. The number of aromatic nitrogens is 2. The van der Waals surface area contributed by atoms with Gasteiger partial charge in [0.05, 0.1) is 12.2 Å². The molecule has 0 spiro atoms. The Morgan fingerprint density at radius 1 is 0.558 bits per heavy atom. The van der Waals surface area contributed by atoms with Gasteiger partial charge in [-0.2, -0.15) is 0 Å². The van der Waals surface area contributed by atoms with Gasteiger partial charge in [-0.1, -0.05) is 120 Å². The van der Waals surface area contributed by atoms with Crippen LogP contribution >= 0.6 is 0 Å². The zero-order valence-electron chi connectivity index (χ0n) is 31.5. The van der Waals surface area contributed by atoms with Crippen LogP contribution in [0.3, 0.4) is 0 Å². The molecule has 2 atom stereocenters. The van der Waals surface area contributed by atoms with Crippen molar-refractivity contribution in [3.05, 3.63) is 206 Å². The Morgan fingerprint density at radius 3 is 1.52 bits per heavy atom. The van der Waals surface area contributed by atoms with Crippen LogP contribution in [-0.4, -0.2) is 20.2 Å².